The Hall–Kier alpha value is -0.880. The second kappa shape index (κ2) is 12.5. The predicted octanol–water partition coefficient (Wildman–Crippen LogP) is 7.11. The molecule has 2 rings (SSSR count). The highest BCUT2D eigenvalue weighted by molar-refractivity contribution is 5.13. The standard InChI is InChI=1S/C23H38FNO/c1-2-3-4-5-6-7-19-8-10-21(11-9-19)18-26-23-14-12-20(13-15-23)16-22(24)17-25/h16,19-21,23H,2-15,18H2,1H3/t19-,20?,21-,23?. The lowest BCUT2D eigenvalue weighted by Crippen LogP contribution is -2.25. The van der Waals surface area contributed by atoms with Gasteiger partial charge < -0.3 is 4.74 Å². The molecular formula is C23H38FNO. The van der Waals surface area contributed by atoms with Crippen LogP contribution in [0.25, 0.3) is 0 Å². The molecule has 0 heterocycles. The van der Waals surface area contributed by atoms with Crippen LogP contribution in [0.1, 0.15) is 96.8 Å². The van der Waals surface area contributed by atoms with E-state index in [0.29, 0.717) is 6.10 Å². The summed E-state index contributed by atoms with van der Waals surface area (Å²) in [6.07, 6.45) is 19.7. The van der Waals surface area contributed by atoms with Crippen molar-refractivity contribution in [2.24, 2.45) is 17.8 Å². The minimum atomic E-state index is -0.628. The maximum absolute atomic E-state index is 13.0. The lowest BCUT2D eigenvalue weighted by atomic mass is 9.80. The number of nitrogens with zero attached hydrogens (tertiary/aromatic N) is 1. The highest BCUT2D eigenvalue weighted by atomic mass is 19.1. The van der Waals surface area contributed by atoms with Crippen molar-refractivity contribution < 1.29 is 9.13 Å². The number of unbranched alkanes of at least 4 members (excludes halogenated alkanes) is 4. The first-order valence-electron chi connectivity index (χ1n) is 11.1. The van der Waals surface area contributed by atoms with Crippen molar-refractivity contribution in [3.8, 4) is 6.07 Å². The van der Waals surface area contributed by atoms with Crippen molar-refractivity contribution in [3.05, 3.63) is 11.9 Å². The molecule has 0 aromatic rings. The summed E-state index contributed by atoms with van der Waals surface area (Å²) in [5, 5.41) is 8.53. The average molecular weight is 364 g/mol. The van der Waals surface area contributed by atoms with Gasteiger partial charge in [-0.3, -0.25) is 0 Å². The van der Waals surface area contributed by atoms with E-state index >= 15 is 0 Å². The molecule has 0 aromatic heterocycles. The molecule has 0 spiro atoms. The van der Waals surface area contributed by atoms with E-state index in [1.807, 2.05) is 0 Å². The van der Waals surface area contributed by atoms with E-state index in [-0.39, 0.29) is 5.92 Å². The fourth-order valence-corrected chi connectivity index (χ4v) is 4.66. The number of rotatable bonds is 10. The van der Waals surface area contributed by atoms with Crippen molar-refractivity contribution in [2.45, 2.75) is 103 Å². The molecule has 0 atom stereocenters. The van der Waals surface area contributed by atoms with Crippen molar-refractivity contribution in [1.82, 2.24) is 0 Å². The summed E-state index contributed by atoms with van der Waals surface area (Å²) in [6, 6.07) is 1.58. The van der Waals surface area contributed by atoms with Gasteiger partial charge in [0.15, 0.2) is 5.83 Å². The Balaban J connectivity index is 1.52. The molecule has 0 amide bonds. The summed E-state index contributed by atoms with van der Waals surface area (Å²) in [7, 11) is 0. The van der Waals surface area contributed by atoms with Crippen molar-refractivity contribution >= 4 is 0 Å². The molecule has 0 aromatic carbocycles. The van der Waals surface area contributed by atoms with E-state index in [2.05, 4.69) is 6.92 Å². The van der Waals surface area contributed by atoms with Gasteiger partial charge in [0, 0.05) is 6.61 Å². The summed E-state index contributed by atoms with van der Waals surface area (Å²) in [6.45, 7) is 3.20. The molecule has 26 heavy (non-hydrogen) atoms. The molecular weight excluding hydrogens is 325 g/mol. The molecule has 0 saturated heterocycles. The lowest BCUT2D eigenvalue weighted by molar-refractivity contribution is -0.00672. The lowest BCUT2D eigenvalue weighted by Gasteiger charge is -2.31. The Labute approximate surface area is 160 Å². The average Bonchev–Trinajstić information content (AvgIpc) is 2.68. The molecule has 2 saturated carbocycles. The monoisotopic (exact) mass is 363 g/mol. The minimum Gasteiger partial charge on any atom is -0.378 e. The SMILES string of the molecule is CCCCCCC[C@H]1CC[C@H](COC2CCC(C=C(F)C#N)CC2)CC1. The Morgan fingerprint density at radius 3 is 2.27 bits per heavy atom. The number of allylic oxidation sites excluding steroid dienone is 2. The largest absolute Gasteiger partial charge is 0.378 e. The zero-order valence-electron chi connectivity index (χ0n) is 16.7. The molecule has 0 unspecified atom stereocenters. The van der Waals surface area contributed by atoms with Crippen LogP contribution in [0.5, 0.6) is 0 Å². The number of halogens is 1. The van der Waals surface area contributed by atoms with E-state index in [1.54, 1.807) is 6.07 Å². The van der Waals surface area contributed by atoms with Crippen LogP contribution in [0.2, 0.25) is 0 Å². The van der Waals surface area contributed by atoms with Crippen molar-refractivity contribution in [1.29, 1.82) is 5.26 Å². The summed E-state index contributed by atoms with van der Waals surface area (Å²) >= 11 is 0. The Kier molecular flexibility index (Phi) is 10.3. The molecule has 3 heteroatoms. The summed E-state index contributed by atoms with van der Waals surface area (Å²) in [5.74, 6) is 1.31. The van der Waals surface area contributed by atoms with Gasteiger partial charge in [0.05, 0.1) is 6.10 Å². The molecule has 2 fully saturated rings. The second-order valence-corrected chi connectivity index (χ2v) is 8.59. The van der Waals surface area contributed by atoms with E-state index in [1.165, 1.54) is 70.3 Å². The van der Waals surface area contributed by atoms with Gasteiger partial charge in [0.25, 0.3) is 0 Å². The third-order valence-corrected chi connectivity index (χ3v) is 6.46. The quantitative estimate of drug-likeness (QED) is 0.306. The van der Waals surface area contributed by atoms with Crippen molar-refractivity contribution in [3.63, 3.8) is 0 Å². The highest BCUT2D eigenvalue weighted by Crippen LogP contribution is 2.34. The van der Waals surface area contributed by atoms with Crippen LogP contribution in [0.3, 0.4) is 0 Å². The number of hydrogen-bond donors (Lipinski definition) is 0. The maximum Gasteiger partial charge on any atom is 0.196 e. The molecule has 0 radical (unpaired) electrons. The van der Waals surface area contributed by atoms with E-state index in [9.17, 15) is 4.39 Å². The molecule has 148 valence electrons. The Morgan fingerprint density at radius 1 is 0.962 bits per heavy atom. The van der Waals surface area contributed by atoms with Gasteiger partial charge in [0.2, 0.25) is 0 Å². The number of nitriles is 1. The van der Waals surface area contributed by atoms with Crippen LogP contribution in [0.4, 0.5) is 4.39 Å². The summed E-state index contributed by atoms with van der Waals surface area (Å²) in [5.41, 5.74) is 0. The van der Waals surface area contributed by atoms with Gasteiger partial charge in [0.1, 0.15) is 6.07 Å². The molecule has 2 aliphatic carbocycles. The minimum absolute atomic E-state index is 0.224. The van der Waals surface area contributed by atoms with Crippen LogP contribution in [0, 0.1) is 29.1 Å². The van der Waals surface area contributed by atoms with Crippen LogP contribution in [-0.4, -0.2) is 12.7 Å². The van der Waals surface area contributed by atoms with Crippen LogP contribution < -0.4 is 0 Å². The first-order chi connectivity index (χ1) is 12.7. The van der Waals surface area contributed by atoms with Crippen molar-refractivity contribution in [2.75, 3.05) is 6.61 Å². The predicted molar refractivity (Wildman–Crippen MR) is 105 cm³/mol. The third kappa shape index (κ3) is 8.21. The van der Waals surface area contributed by atoms with Gasteiger partial charge >= 0.3 is 0 Å². The van der Waals surface area contributed by atoms with Crippen LogP contribution >= 0.6 is 0 Å². The van der Waals surface area contributed by atoms with Gasteiger partial charge in [-0.05, 0) is 62.4 Å². The fraction of sp³-hybridized carbons (Fsp3) is 0.870. The number of hydrogen-bond acceptors (Lipinski definition) is 2. The highest BCUT2D eigenvalue weighted by Gasteiger charge is 2.24. The molecule has 2 nitrogen and oxygen atoms in total. The Morgan fingerprint density at radius 2 is 1.62 bits per heavy atom. The zero-order chi connectivity index (χ0) is 18.6. The first-order valence-corrected chi connectivity index (χ1v) is 11.1. The number of ether oxygens (including phenoxy) is 1. The fourth-order valence-electron chi connectivity index (χ4n) is 4.66. The van der Waals surface area contributed by atoms with Gasteiger partial charge in [-0.2, -0.15) is 9.65 Å². The van der Waals surface area contributed by atoms with Gasteiger partial charge in [-0.15, -0.1) is 0 Å². The van der Waals surface area contributed by atoms with Gasteiger partial charge in [-0.25, -0.2) is 0 Å². The van der Waals surface area contributed by atoms with Crippen LogP contribution in [-0.2, 0) is 4.74 Å². The van der Waals surface area contributed by atoms with E-state index in [4.69, 9.17) is 10.00 Å². The smallest absolute Gasteiger partial charge is 0.196 e. The summed E-state index contributed by atoms with van der Waals surface area (Å²) < 4.78 is 19.2. The molecule has 0 bridgehead atoms. The third-order valence-electron chi connectivity index (χ3n) is 6.46. The van der Waals surface area contributed by atoms with Crippen LogP contribution in [0.15, 0.2) is 11.9 Å². The molecule has 0 aliphatic heterocycles. The maximum atomic E-state index is 13.0. The Bertz CT molecular complexity index is 440. The molecule has 0 N–H and O–H groups in total. The topological polar surface area (TPSA) is 33.0 Å². The molecule has 2 aliphatic rings. The first kappa shape index (κ1) is 21.4. The van der Waals surface area contributed by atoms with E-state index in [0.717, 1.165) is 44.1 Å². The zero-order valence-corrected chi connectivity index (χ0v) is 16.7. The summed E-state index contributed by atoms with van der Waals surface area (Å²) in [4.78, 5) is 0. The van der Waals surface area contributed by atoms with E-state index < -0.39 is 5.83 Å². The van der Waals surface area contributed by atoms with Gasteiger partial charge in [-0.1, -0.05) is 58.3 Å². The normalized spacial score (nSPS) is 30.1. The second-order valence-electron chi connectivity index (χ2n) is 8.59.